The molecular formula is C67H60N6O. The molecule has 364 valence electrons. The van der Waals surface area contributed by atoms with Crippen LogP contribution < -0.4 is 14.5 Å². The first-order valence-corrected chi connectivity index (χ1v) is 25.7. The van der Waals surface area contributed by atoms with Crippen LogP contribution in [-0.2, 0) is 16.2 Å². The zero-order chi connectivity index (χ0) is 51.3. The van der Waals surface area contributed by atoms with E-state index in [2.05, 4.69) is 244 Å². The molecule has 0 N–H and O–H groups in total. The summed E-state index contributed by atoms with van der Waals surface area (Å²) in [6.07, 6.45) is 1.93. The number of nitrogens with zero attached hydrogens (tertiary/aromatic N) is 6. The lowest BCUT2D eigenvalue weighted by molar-refractivity contribution is 0.483. The summed E-state index contributed by atoms with van der Waals surface area (Å²) in [5.41, 5.74) is 16.2. The van der Waals surface area contributed by atoms with E-state index in [0.29, 0.717) is 12.4 Å². The van der Waals surface area contributed by atoms with Crippen molar-refractivity contribution in [3.8, 4) is 34.1 Å². The largest absolute Gasteiger partial charge is 0.457 e. The third-order valence-electron chi connectivity index (χ3n) is 14.9. The molecule has 0 bridgehead atoms. The molecule has 0 fully saturated rings. The zero-order valence-electron chi connectivity index (χ0n) is 43.7. The molecule has 0 radical (unpaired) electrons. The standard InChI is InChI=1S/C67H60N6O/c1-65(2,3)44-32-33-69-63(38-44)73-60-31-28-49(72-58-25-13-11-22-54(58)55-23-12-14-26-59(55)72)40-57(60)56-30-29-52(41-62(56)73)74-51-21-16-20-48(39-51)70-42-71(50-36-45(66(4,5)6)35-46(37-50)67(7,8)9)64-53(24-17-27-61(64)70)43-18-15-19-47(34-43)68-10/h11-41H,42H2,1-9H3. The third kappa shape index (κ3) is 8.02. The molecule has 4 heterocycles. The number of fused-ring (bicyclic) bond motifs is 7. The number of benzene rings is 8. The molecule has 7 nitrogen and oxygen atoms in total. The van der Waals surface area contributed by atoms with Crippen molar-refractivity contribution < 1.29 is 4.74 Å². The minimum absolute atomic E-state index is 0.0614. The van der Waals surface area contributed by atoms with Crippen molar-refractivity contribution in [3.63, 3.8) is 0 Å². The van der Waals surface area contributed by atoms with Gasteiger partial charge in [-0.15, -0.1) is 0 Å². The van der Waals surface area contributed by atoms with Crippen molar-refractivity contribution in [2.75, 3.05) is 16.5 Å². The molecule has 12 rings (SSSR count). The molecule has 7 heteroatoms. The van der Waals surface area contributed by atoms with E-state index in [9.17, 15) is 0 Å². The van der Waals surface area contributed by atoms with Crippen LogP contribution in [0.15, 0.2) is 188 Å². The number of hydrogen-bond donors (Lipinski definition) is 0. The van der Waals surface area contributed by atoms with Gasteiger partial charge in [-0.1, -0.05) is 141 Å². The fourth-order valence-electron chi connectivity index (χ4n) is 10.9. The summed E-state index contributed by atoms with van der Waals surface area (Å²) in [5.74, 6) is 2.32. The molecule has 74 heavy (non-hydrogen) atoms. The average Bonchev–Trinajstić information content (AvgIpc) is 4.06. The Kier molecular flexibility index (Phi) is 10.9. The Bertz CT molecular complexity index is 3990. The van der Waals surface area contributed by atoms with Crippen LogP contribution in [0, 0.1) is 6.57 Å². The minimum atomic E-state index is -0.0662. The maximum Gasteiger partial charge on any atom is 0.187 e. The summed E-state index contributed by atoms with van der Waals surface area (Å²) >= 11 is 0. The molecule has 1 aliphatic rings. The Morgan fingerprint density at radius 3 is 1.81 bits per heavy atom. The average molecular weight is 965 g/mol. The summed E-state index contributed by atoms with van der Waals surface area (Å²) in [6.45, 7) is 28.9. The van der Waals surface area contributed by atoms with E-state index in [4.69, 9.17) is 16.3 Å². The van der Waals surface area contributed by atoms with E-state index in [1.54, 1.807) is 0 Å². The van der Waals surface area contributed by atoms with Crippen molar-refractivity contribution in [2.45, 2.75) is 78.6 Å². The van der Waals surface area contributed by atoms with Crippen LogP contribution in [0.1, 0.15) is 79.0 Å². The normalized spacial score (nSPS) is 13.1. The monoisotopic (exact) mass is 964 g/mol. The van der Waals surface area contributed by atoms with Crippen molar-refractivity contribution in [1.29, 1.82) is 0 Å². The van der Waals surface area contributed by atoms with E-state index in [1.807, 2.05) is 30.5 Å². The molecular weight excluding hydrogens is 905 g/mol. The Morgan fingerprint density at radius 1 is 0.459 bits per heavy atom. The molecule has 3 aromatic heterocycles. The lowest BCUT2D eigenvalue weighted by Crippen LogP contribution is -2.25. The number of para-hydroxylation sites is 3. The Morgan fingerprint density at radius 2 is 1.11 bits per heavy atom. The van der Waals surface area contributed by atoms with Gasteiger partial charge in [0.05, 0.1) is 40.0 Å². The smallest absolute Gasteiger partial charge is 0.187 e. The molecule has 0 aliphatic carbocycles. The molecule has 0 amide bonds. The van der Waals surface area contributed by atoms with Crippen LogP contribution in [0.3, 0.4) is 0 Å². The molecule has 8 aromatic carbocycles. The van der Waals surface area contributed by atoms with Gasteiger partial charge in [-0.2, -0.15) is 0 Å². The second kappa shape index (κ2) is 17.3. The van der Waals surface area contributed by atoms with E-state index >= 15 is 0 Å². The molecule has 0 atom stereocenters. The summed E-state index contributed by atoms with van der Waals surface area (Å²) in [5, 5.41) is 4.72. The number of pyridine rings is 1. The molecule has 0 spiro atoms. The van der Waals surface area contributed by atoms with E-state index in [1.165, 1.54) is 38.5 Å². The first-order valence-electron chi connectivity index (χ1n) is 25.7. The summed E-state index contributed by atoms with van der Waals surface area (Å²) in [6, 6.07) is 65.0. The number of ether oxygens (including phenoxy) is 1. The Balaban J connectivity index is 0.973. The number of aromatic nitrogens is 3. The highest BCUT2D eigenvalue weighted by Crippen LogP contribution is 2.51. The van der Waals surface area contributed by atoms with Crippen LogP contribution in [0.25, 0.3) is 71.1 Å². The van der Waals surface area contributed by atoms with Crippen molar-refractivity contribution in [1.82, 2.24) is 14.1 Å². The van der Waals surface area contributed by atoms with E-state index in [0.717, 1.165) is 78.7 Å². The molecule has 0 unspecified atom stereocenters. The fourth-order valence-corrected chi connectivity index (χ4v) is 10.9. The van der Waals surface area contributed by atoms with Gasteiger partial charge in [0.15, 0.2) is 5.69 Å². The quantitative estimate of drug-likeness (QED) is 0.149. The number of anilines is 4. The van der Waals surface area contributed by atoms with E-state index < -0.39 is 0 Å². The second-order valence-electron chi connectivity index (χ2n) is 22.9. The fraction of sp³-hybridized carbons (Fsp3) is 0.194. The topological polar surface area (TPSA) is 42.8 Å². The van der Waals surface area contributed by atoms with Gasteiger partial charge in [0.2, 0.25) is 0 Å². The second-order valence-corrected chi connectivity index (χ2v) is 22.9. The van der Waals surface area contributed by atoms with Gasteiger partial charge >= 0.3 is 0 Å². The SMILES string of the molecule is [C-]#[N+]c1cccc(-c2cccc3c2N(c2cc(C(C)(C)C)cc(C(C)(C)C)c2)CN3c2cccc(Oc3ccc4c5cc(-n6c7ccccc7c7ccccc76)ccc5n(-c5cc(C(C)(C)C)ccn5)c4c3)c2)c1. The van der Waals surface area contributed by atoms with Gasteiger partial charge in [-0.05, 0) is 129 Å². The van der Waals surface area contributed by atoms with Gasteiger partial charge in [0.25, 0.3) is 0 Å². The van der Waals surface area contributed by atoms with Crippen molar-refractivity contribution in [2.24, 2.45) is 0 Å². The number of hydrogen-bond acceptors (Lipinski definition) is 4. The maximum atomic E-state index is 7.85. The van der Waals surface area contributed by atoms with Crippen molar-refractivity contribution >= 4 is 72.0 Å². The Hall–Kier alpha value is -8.60. The van der Waals surface area contributed by atoms with E-state index in [-0.39, 0.29) is 16.2 Å². The van der Waals surface area contributed by atoms with Crippen molar-refractivity contribution in [3.05, 3.63) is 216 Å². The summed E-state index contributed by atoms with van der Waals surface area (Å²) < 4.78 is 11.6. The molecule has 11 aromatic rings. The first kappa shape index (κ1) is 46.5. The zero-order valence-corrected chi connectivity index (χ0v) is 43.7. The van der Waals surface area contributed by atoms with Crippen LogP contribution >= 0.6 is 0 Å². The minimum Gasteiger partial charge on any atom is -0.457 e. The van der Waals surface area contributed by atoms with Gasteiger partial charge in [0.1, 0.15) is 24.0 Å². The van der Waals surface area contributed by atoms with Crippen LogP contribution in [0.2, 0.25) is 0 Å². The highest BCUT2D eigenvalue weighted by molar-refractivity contribution is 6.12. The van der Waals surface area contributed by atoms with Crippen LogP contribution in [0.5, 0.6) is 11.5 Å². The summed E-state index contributed by atoms with van der Waals surface area (Å²) in [4.78, 5) is 13.7. The molecule has 0 saturated carbocycles. The highest BCUT2D eigenvalue weighted by Gasteiger charge is 2.33. The van der Waals surface area contributed by atoms with Crippen LogP contribution in [-0.4, -0.2) is 20.8 Å². The highest BCUT2D eigenvalue weighted by atomic mass is 16.5. The number of rotatable bonds is 7. The lowest BCUT2D eigenvalue weighted by Gasteiger charge is -2.30. The first-order chi connectivity index (χ1) is 35.5. The summed E-state index contributed by atoms with van der Waals surface area (Å²) in [7, 11) is 0. The lowest BCUT2D eigenvalue weighted by atomic mass is 9.80. The van der Waals surface area contributed by atoms with Crippen LogP contribution in [0.4, 0.5) is 28.4 Å². The predicted molar refractivity (Wildman–Crippen MR) is 309 cm³/mol. The van der Waals surface area contributed by atoms with Gasteiger partial charge in [0, 0.05) is 62.5 Å². The van der Waals surface area contributed by atoms with Gasteiger partial charge in [-0.3, -0.25) is 4.57 Å². The van der Waals surface area contributed by atoms with Gasteiger partial charge in [-0.25, -0.2) is 9.83 Å². The molecule has 1 aliphatic heterocycles. The Labute approximate surface area is 434 Å². The third-order valence-corrected chi connectivity index (χ3v) is 14.9. The van der Waals surface area contributed by atoms with Gasteiger partial charge < -0.3 is 19.1 Å². The maximum absolute atomic E-state index is 7.85. The molecule has 0 saturated heterocycles. The predicted octanol–water partition coefficient (Wildman–Crippen LogP) is 18.4.